The first kappa shape index (κ1) is 17.3. The van der Waals surface area contributed by atoms with Crippen molar-refractivity contribution >= 4 is 11.5 Å². The van der Waals surface area contributed by atoms with Crippen molar-refractivity contribution in [3.8, 4) is 17.0 Å². The molecule has 0 spiro atoms. The topological polar surface area (TPSA) is 63.2 Å². The summed E-state index contributed by atoms with van der Waals surface area (Å²) < 4.78 is 5.63. The SMILES string of the molecule is CCCC(Nc1cncc(-c2ccc3c(c2)N(C)CO3)n1)c1cccnc1. The Bertz CT molecular complexity index is 915. The number of fused-ring (bicyclic) bond motifs is 1. The van der Waals surface area contributed by atoms with Crippen LogP contribution >= 0.6 is 0 Å². The van der Waals surface area contributed by atoms with E-state index in [1.807, 2.05) is 31.4 Å². The summed E-state index contributed by atoms with van der Waals surface area (Å²) in [5, 5.41) is 3.52. The minimum absolute atomic E-state index is 0.160. The number of nitrogens with one attached hydrogen (secondary N) is 1. The van der Waals surface area contributed by atoms with Gasteiger partial charge in [-0.25, -0.2) is 4.98 Å². The summed E-state index contributed by atoms with van der Waals surface area (Å²) in [6, 6.07) is 10.3. The highest BCUT2D eigenvalue weighted by molar-refractivity contribution is 5.72. The van der Waals surface area contributed by atoms with Crippen molar-refractivity contribution < 1.29 is 4.74 Å². The maximum absolute atomic E-state index is 5.63. The second-order valence-corrected chi connectivity index (χ2v) is 6.72. The molecule has 27 heavy (non-hydrogen) atoms. The Morgan fingerprint density at radius 1 is 1.19 bits per heavy atom. The van der Waals surface area contributed by atoms with Gasteiger partial charge in [0.2, 0.25) is 0 Å². The number of aromatic nitrogens is 3. The van der Waals surface area contributed by atoms with E-state index in [9.17, 15) is 0 Å². The molecule has 4 rings (SSSR count). The lowest BCUT2D eigenvalue weighted by molar-refractivity contribution is 0.353. The molecule has 0 saturated heterocycles. The van der Waals surface area contributed by atoms with E-state index in [0.717, 1.165) is 46.9 Å². The predicted octanol–water partition coefficient (Wildman–Crippen LogP) is 4.28. The van der Waals surface area contributed by atoms with E-state index in [1.165, 1.54) is 0 Å². The van der Waals surface area contributed by atoms with Crippen LogP contribution in [0, 0.1) is 0 Å². The van der Waals surface area contributed by atoms with Gasteiger partial charge in [0.05, 0.1) is 29.8 Å². The molecular formula is C21H23N5O. The summed E-state index contributed by atoms with van der Waals surface area (Å²) in [6.07, 6.45) is 9.32. The Kier molecular flexibility index (Phi) is 4.87. The third kappa shape index (κ3) is 3.69. The molecule has 138 valence electrons. The van der Waals surface area contributed by atoms with Gasteiger partial charge in [0.25, 0.3) is 0 Å². The summed E-state index contributed by atoms with van der Waals surface area (Å²) in [7, 11) is 2.02. The van der Waals surface area contributed by atoms with Crippen molar-refractivity contribution in [3.05, 3.63) is 60.7 Å². The zero-order valence-corrected chi connectivity index (χ0v) is 15.6. The van der Waals surface area contributed by atoms with Crippen LogP contribution in [0.5, 0.6) is 5.75 Å². The molecule has 1 aliphatic rings. The van der Waals surface area contributed by atoms with Crippen LogP contribution in [0.3, 0.4) is 0 Å². The molecule has 2 aromatic heterocycles. The molecule has 1 N–H and O–H groups in total. The smallest absolute Gasteiger partial charge is 0.161 e. The highest BCUT2D eigenvalue weighted by Gasteiger charge is 2.18. The van der Waals surface area contributed by atoms with E-state index in [1.54, 1.807) is 18.6 Å². The first-order valence-electron chi connectivity index (χ1n) is 9.21. The Hall–Kier alpha value is -3.15. The first-order chi connectivity index (χ1) is 13.2. The lowest BCUT2D eigenvalue weighted by atomic mass is 10.0. The lowest BCUT2D eigenvalue weighted by Gasteiger charge is -2.19. The Morgan fingerprint density at radius 2 is 2.11 bits per heavy atom. The molecule has 1 unspecified atom stereocenters. The quantitative estimate of drug-likeness (QED) is 0.707. The number of pyridine rings is 1. The van der Waals surface area contributed by atoms with Gasteiger partial charge in [0.1, 0.15) is 11.6 Å². The second kappa shape index (κ2) is 7.61. The van der Waals surface area contributed by atoms with Gasteiger partial charge in [-0.15, -0.1) is 0 Å². The van der Waals surface area contributed by atoms with Gasteiger partial charge in [-0.1, -0.05) is 19.4 Å². The summed E-state index contributed by atoms with van der Waals surface area (Å²) in [5.41, 5.74) is 4.09. The molecule has 3 heterocycles. The molecule has 0 aliphatic carbocycles. The van der Waals surface area contributed by atoms with Gasteiger partial charge in [0, 0.05) is 25.0 Å². The fourth-order valence-electron chi connectivity index (χ4n) is 3.28. The van der Waals surface area contributed by atoms with Crippen LogP contribution in [0.4, 0.5) is 11.5 Å². The monoisotopic (exact) mass is 361 g/mol. The highest BCUT2D eigenvalue weighted by Crippen LogP contribution is 2.36. The summed E-state index contributed by atoms with van der Waals surface area (Å²) in [6.45, 7) is 2.76. The van der Waals surface area contributed by atoms with Gasteiger partial charge < -0.3 is 15.0 Å². The van der Waals surface area contributed by atoms with E-state index in [4.69, 9.17) is 9.72 Å². The summed E-state index contributed by atoms with van der Waals surface area (Å²) in [4.78, 5) is 15.5. The third-order valence-corrected chi connectivity index (χ3v) is 4.70. The average molecular weight is 361 g/mol. The van der Waals surface area contributed by atoms with Crippen molar-refractivity contribution in [2.75, 3.05) is 24.0 Å². The number of rotatable bonds is 6. The number of hydrogen-bond acceptors (Lipinski definition) is 6. The largest absolute Gasteiger partial charge is 0.471 e. The van der Waals surface area contributed by atoms with Crippen LogP contribution in [0.15, 0.2) is 55.1 Å². The van der Waals surface area contributed by atoms with Crippen molar-refractivity contribution in [3.63, 3.8) is 0 Å². The fourth-order valence-corrected chi connectivity index (χ4v) is 3.28. The standard InChI is InChI=1S/C21H23N5O/c1-3-5-17(16-6-4-9-22-11-16)24-21-13-23-12-18(25-21)15-7-8-20-19(10-15)26(2)14-27-20/h4,6-13,17H,3,5,14H2,1-2H3,(H,24,25). The minimum Gasteiger partial charge on any atom is -0.471 e. The van der Waals surface area contributed by atoms with Crippen LogP contribution < -0.4 is 15.0 Å². The van der Waals surface area contributed by atoms with E-state index in [2.05, 4.69) is 39.2 Å². The van der Waals surface area contributed by atoms with Crippen molar-refractivity contribution in [1.82, 2.24) is 15.0 Å². The highest BCUT2D eigenvalue weighted by atomic mass is 16.5. The molecule has 0 saturated carbocycles. The molecule has 0 bridgehead atoms. The zero-order chi connectivity index (χ0) is 18.6. The first-order valence-corrected chi connectivity index (χ1v) is 9.21. The van der Waals surface area contributed by atoms with Crippen LogP contribution in [-0.2, 0) is 0 Å². The van der Waals surface area contributed by atoms with E-state index < -0.39 is 0 Å². The van der Waals surface area contributed by atoms with Gasteiger partial charge in [0.15, 0.2) is 6.73 Å². The summed E-state index contributed by atoms with van der Waals surface area (Å²) in [5.74, 6) is 1.67. The van der Waals surface area contributed by atoms with Gasteiger partial charge in [-0.2, -0.15) is 0 Å². The van der Waals surface area contributed by atoms with Gasteiger partial charge in [-0.3, -0.25) is 9.97 Å². The zero-order valence-electron chi connectivity index (χ0n) is 15.6. The Labute approximate surface area is 159 Å². The molecule has 3 aromatic rings. The van der Waals surface area contributed by atoms with E-state index in [-0.39, 0.29) is 6.04 Å². The number of ether oxygens (including phenoxy) is 1. The number of anilines is 2. The normalized spacial score (nSPS) is 13.8. The summed E-state index contributed by atoms with van der Waals surface area (Å²) >= 11 is 0. The fraction of sp³-hybridized carbons (Fsp3) is 0.286. The molecule has 0 fully saturated rings. The van der Waals surface area contributed by atoms with Crippen LogP contribution in [0.1, 0.15) is 31.4 Å². The van der Waals surface area contributed by atoms with Crippen molar-refractivity contribution in [2.24, 2.45) is 0 Å². The molecule has 0 amide bonds. The van der Waals surface area contributed by atoms with E-state index >= 15 is 0 Å². The Morgan fingerprint density at radius 3 is 2.93 bits per heavy atom. The van der Waals surface area contributed by atoms with Gasteiger partial charge in [-0.05, 0) is 36.2 Å². The molecule has 0 radical (unpaired) electrons. The maximum Gasteiger partial charge on any atom is 0.161 e. The molecule has 1 atom stereocenters. The second-order valence-electron chi connectivity index (χ2n) is 6.72. The van der Waals surface area contributed by atoms with Gasteiger partial charge >= 0.3 is 0 Å². The number of hydrogen-bond donors (Lipinski definition) is 1. The van der Waals surface area contributed by atoms with Crippen LogP contribution in [0.2, 0.25) is 0 Å². The number of benzene rings is 1. The average Bonchev–Trinajstić information content (AvgIpc) is 3.09. The molecular weight excluding hydrogens is 338 g/mol. The third-order valence-electron chi connectivity index (χ3n) is 4.70. The van der Waals surface area contributed by atoms with Crippen molar-refractivity contribution in [2.45, 2.75) is 25.8 Å². The maximum atomic E-state index is 5.63. The van der Waals surface area contributed by atoms with Crippen LogP contribution in [-0.4, -0.2) is 28.7 Å². The lowest BCUT2D eigenvalue weighted by Crippen LogP contribution is -2.14. The predicted molar refractivity (Wildman–Crippen MR) is 107 cm³/mol. The molecule has 6 heteroatoms. The Balaban J connectivity index is 1.60. The van der Waals surface area contributed by atoms with E-state index in [0.29, 0.717) is 6.73 Å². The molecule has 1 aliphatic heterocycles. The van der Waals surface area contributed by atoms with Crippen molar-refractivity contribution in [1.29, 1.82) is 0 Å². The van der Waals surface area contributed by atoms with Crippen LogP contribution in [0.25, 0.3) is 11.3 Å². The molecule has 6 nitrogen and oxygen atoms in total. The number of nitrogens with zero attached hydrogens (tertiary/aromatic N) is 4. The minimum atomic E-state index is 0.160. The molecule has 1 aromatic carbocycles.